The zero-order valence-corrected chi connectivity index (χ0v) is 30.5. The summed E-state index contributed by atoms with van der Waals surface area (Å²) in [7, 11) is 0. The Labute approximate surface area is 308 Å². The van der Waals surface area contributed by atoms with Gasteiger partial charge in [0.25, 0.3) is 0 Å². The monoisotopic (exact) mass is 668 g/mol. The summed E-state index contributed by atoms with van der Waals surface area (Å²) in [5.74, 6) is 0. The van der Waals surface area contributed by atoms with E-state index in [4.69, 9.17) is 0 Å². The first-order chi connectivity index (χ1) is 25.2. The van der Waals surface area contributed by atoms with Gasteiger partial charge in [0.1, 0.15) is 0 Å². The van der Waals surface area contributed by atoms with Gasteiger partial charge in [-0.1, -0.05) is 156 Å². The van der Waals surface area contributed by atoms with Gasteiger partial charge in [-0.2, -0.15) is 0 Å². The third kappa shape index (κ3) is 4.45. The molecule has 3 heterocycles. The van der Waals surface area contributed by atoms with Gasteiger partial charge in [0.05, 0.1) is 5.69 Å². The second kappa shape index (κ2) is 11.1. The van der Waals surface area contributed by atoms with Gasteiger partial charge >= 0.3 is 6.85 Å². The number of rotatable bonds is 3. The molecule has 7 aromatic carbocycles. The first-order valence-electron chi connectivity index (χ1n) is 18.6. The van der Waals surface area contributed by atoms with Gasteiger partial charge in [-0.05, 0) is 97.2 Å². The lowest BCUT2D eigenvalue weighted by atomic mass is 9.42. The summed E-state index contributed by atoms with van der Waals surface area (Å²) < 4.78 is 0. The smallest absolute Gasteiger partial charge is 0.333 e. The molecule has 250 valence electrons. The Hall–Kier alpha value is -5.80. The van der Waals surface area contributed by atoms with Crippen LogP contribution in [0.2, 0.25) is 0 Å². The lowest BCUT2D eigenvalue weighted by Crippen LogP contribution is -2.62. The van der Waals surface area contributed by atoms with Crippen molar-refractivity contribution in [3.8, 4) is 33.4 Å². The standard InChI is InChI=1S/C49H41BN2/c1-48(2,3)36-30-39-38-29-35(33-18-10-7-11-19-33)26-27-43(38)52(37-21-14-20-34(28-37)32-16-8-6-9-17-32)50-42-24-15-23-41-47(42)51(45(31-36)46(39)50)44-25-13-12-22-40(44)49(41,4)5/h6-31H,1-5H3. The second-order valence-corrected chi connectivity index (χ2v) is 16.2. The van der Waals surface area contributed by atoms with Crippen molar-refractivity contribution in [2.24, 2.45) is 0 Å². The summed E-state index contributed by atoms with van der Waals surface area (Å²) in [6.45, 7) is 11.8. The summed E-state index contributed by atoms with van der Waals surface area (Å²) in [6.07, 6.45) is 0. The number of fused-ring (bicyclic) bond motifs is 6. The van der Waals surface area contributed by atoms with E-state index in [9.17, 15) is 0 Å². The molecule has 0 atom stereocenters. The maximum atomic E-state index is 2.64. The molecular formula is C49H41BN2. The van der Waals surface area contributed by atoms with Crippen LogP contribution in [0.1, 0.15) is 51.3 Å². The number of nitrogens with zero attached hydrogens (tertiary/aromatic N) is 2. The van der Waals surface area contributed by atoms with E-state index in [0.717, 1.165) is 0 Å². The van der Waals surface area contributed by atoms with E-state index < -0.39 is 0 Å². The van der Waals surface area contributed by atoms with Crippen molar-refractivity contribution in [2.75, 3.05) is 9.71 Å². The Morgan fingerprint density at radius 2 is 1.13 bits per heavy atom. The largest absolute Gasteiger partial charge is 0.376 e. The van der Waals surface area contributed by atoms with E-state index in [2.05, 4.69) is 202 Å². The van der Waals surface area contributed by atoms with Crippen LogP contribution in [-0.4, -0.2) is 6.85 Å². The van der Waals surface area contributed by atoms with Gasteiger partial charge < -0.3 is 9.71 Å². The van der Waals surface area contributed by atoms with E-state index in [0.29, 0.717) is 0 Å². The molecule has 0 radical (unpaired) electrons. The molecule has 10 rings (SSSR count). The fourth-order valence-electron chi connectivity index (χ4n) is 9.10. The molecule has 3 heteroatoms. The van der Waals surface area contributed by atoms with E-state index in [1.165, 1.54) is 89.4 Å². The zero-order valence-electron chi connectivity index (χ0n) is 30.5. The van der Waals surface area contributed by atoms with Crippen LogP contribution in [0.25, 0.3) is 33.4 Å². The Morgan fingerprint density at radius 3 is 1.87 bits per heavy atom. The van der Waals surface area contributed by atoms with Crippen molar-refractivity contribution in [3.63, 3.8) is 0 Å². The molecule has 0 saturated heterocycles. The molecule has 52 heavy (non-hydrogen) atoms. The molecule has 0 fully saturated rings. The minimum Gasteiger partial charge on any atom is -0.376 e. The normalized spacial score (nSPS) is 14.7. The molecule has 7 aromatic rings. The van der Waals surface area contributed by atoms with Crippen molar-refractivity contribution < 1.29 is 0 Å². The maximum Gasteiger partial charge on any atom is 0.333 e. The summed E-state index contributed by atoms with van der Waals surface area (Å²) in [4.78, 5) is 5.25. The minimum absolute atomic E-state index is 0.0209. The first kappa shape index (κ1) is 31.0. The Bertz CT molecular complexity index is 2540. The van der Waals surface area contributed by atoms with Crippen molar-refractivity contribution in [3.05, 3.63) is 174 Å². The molecule has 0 N–H and O–H groups in total. The van der Waals surface area contributed by atoms with Crippen LogP contribution in [0, 0.1) is 0 Å². The predicted octanol–water partition coefficient (Wildman–Crippen LogP) is 11.7. The molecule has 0 aromatic heterocycles. The van der Waals surface area contributed by atoms with Crippen molar-refractivity contribution in [1.82, 2.24) is 0 Å². The fraction of sp³-hybridized carbons (Fsp3) is 0.143. The molecule has 3 aliphatic heterocycles. The lowest BCUT2D eigenvalue weighted by Gasteiger charge is -2.50. The first-order valence-corrected chi connectivity index (χ1v) is 18.6. The molecular weight excluding hydrogens is 627 g/mol. The van der Waals surface area contributed by atoms with Gasteiger partial charge in [-0.3, -0.25) is 0 Å². The van der Waals surface area contributed by atoms with Gasteiger partial charge in [0.2, 0.25) is 0 Å². The highest BCUT2D eigenvalue weighted by Crippen LogP contribution is 2.55. The summed E-state index contributed by atoms with van der Waals surface area (Å²) >= 11 is 0. The molecule has 3 aliphatic rings. The number of anilines is 5. The molecule has 2 nitrogen and oxygen atoms in total. The molecule has 0 bridgehead atoms. The Kier molecular flexibility index (Phi) is 6.61. The number of hydrogen-bond donors (Lipinski definition) is 0. The van der Waals surface area contributed by atoms with Crippen LogP contribution in [-0.2, 0) is 10.8 Å². The third-order valence-electron chi connectivity index (χ3n) is 11.8. The van der Waals surface area contributed by atoms with Crippen LogP contribution in [0.5, 0.6) is 0 Å². The van der Waals surface area contributed by atoms with E-state index >= 15 is 0 Å². The van der Waals surface area contributed by atoms with Crippen LogP contribution in [0.3, 0.4) is 0 Å². The number of benzene rings is 7. The van der Waals surface area contributed by atoms with Gasteiger partial charge in [-0.15, -0.1) is 0 Å². The van der Waals surface area contributed by atoms with Crippen LogP contribution in [0.4, 0.5) is 28.4 Å². The highest BCUT2D eigenvalue weighted by Gasteiger charge is 2.49. The van der Waals surface area contributed by atoms with Gasteiger partial charge in [0, 0.05) is 33.7 Å². The molecule has 0 unspecified atom stereocenters. The zero-order chi connectivity index (χ0) is 35.4. The quantitative estimate of drug-likeness (QED) is 0.173. The van der Waals surface area contributed by atoms with E-state index in [1.54, 1.807) is 0 Å². The van der Waals surface area contributed by atoms with Gasteiger partial charge in [0.15, 0.2) is 0 Å². The Morgan fingerprint density at radius 1 is 0.500 bits per heavy atom. The van der Waals surface area contributed by atoms with Crippen LogP contribution < -0.4 is 20.6 Å². The van der Waals surface area contributed by atoms with Gasteiger partial charge in [-0.25, -0.2) is 0 Å². The van der Waals surface area contributed by atoms with E-state index in [-0.39, 0.29) is 17.7 Å². The SMILES string of the molecule is CC(C)(C)c1cc2c3c(c1)N1c4ccccc4C(C)(C)c4cccc(c41)B3N(c1cccc(-c3ccccc3)c1)c1ccc(-c3ccccc3)cc1-2. The average molecular weight is 669 g/mol. The summed E-state index contributed by atoms with van der Waals surface area (Å²) in [5.41, 5.74) is 20.4. The highest BCUT2D eigenvalue weighted by molar-refractivity contribution is 6.93. The summed E-state index contributed by atoms with van der Waals surface area (Å²) in [5, 5.41) is 0. The van der Waals surface area contributed by atoms with Crippen molar-refractivity contribution in [2.45, 2.75) is 45.4 Å². The predicted molar refractivity (Wildman–Crippen MR) is 222 cm³/mol. The third-order valence-corrected chi connectivity index (χ3v) is 11.8. The molecule has 0 aliphatic carbocycles. The van der Waals surface area contributed by atoms with Crippen molar-refractivity contribution in [1.29, 1.82) is 0 Å². The summed E-state index contributed by atoms with van der Waals surface area (Å²) in [6, 6.07) is 59.0. The average Bonchev–Trinajstić information content (AvgIpc) is 3.17. The van der Waals surface area contributed by atoms with Crippen LogP contribution in [0.15, 0.2) is 158 Å². The van der Waals surface area contributed by atoms with E-state index in [1.807, 2.05) is 0 Å². The minimum atomic E-state index is -0.157. The fourth-order valence-corrected chi connectivity index (χ4v) is 9.10. The van der Waals surface area contributed by atoms with Crippen molar-refractivity contribution >= 4 is 46.2 Å². The highest BCUT2D eigenvalue weighted by atomic mass is 15.2. The lowest BCUT2D eigenvalue weighted by molar-refractivity contribution is 0.590. The molecule has 0 amide bonds. The molecule has 0 spiro atoms. The molecule has 0 saturated carbocycles. The van der Waals surface area contributed by atoms with Crippen LogP contribution >= 0.6 is 0 Å². The topological polar surface area (TPSA) is 6.48 Å². The number of para-hydroxylation sites is 2. The Balaban J connectivity index is 1.33. The number of hydrogen-bond acceptors (Lipinski definition) is 2. The maximum absolute atomic E-state index is 2.64. The second-order valence-electron chi connectivity index (χ2n) is 16.2.